The molecule has 0 bridgehead atoms. The molecule has 13 heavy (non-hydrogen) atoms. The lowest BCUT2D eigenvalue weighted by Crippen LogP contribution is -2.42. The molecule has 1 rings (SSSR count). The summed E-state index contributed by atoms with van der Waals surface area (Å²) < 4.78 is 0. The van der Waals surface area contributed by atoms with Crippen LogP contribution in [0.5, 0.6) is 0 Å². The SMILES string of the molecule is NC(=O)CN1CCC(C(N)=O)CC1. The number of nitrogens with zero attached hydrogens (tertiary/aromatic N) is 1. The quantitative estimate of drug-likeness (QED) is 0.570. The molecule has 4 N–H and O–H groups in total. The molecule has 0 aromatic heterocycles. The molecule has 0 aromatic carbocycles. The highest BCUT2D eigenvalue weighted by molar-refractivity contribution is 5.77. The van der Waals surface area contributed by atoms with Gasteiger partial charge in [0.05, 0.1) is 6.54 Å². The molecule has 2 amide bonds. The van der Waals surface area contributed by atoms with Gasteiger partial charge in [0.1, 0.15) is 0 Å². The summed E-state index contributed by atoms with van der Waals surface area (Å²) in [6, 6.07) is 0. The fourth-order valence-corrected chi connectivity index (χ4v) is 1.60. The topological polar surface area (TPSA) is 89.4 Å². The van der Waals surface area contributed by atoms with E-state index in [0.29, 0.717) is 0 Å². The van der Waals surface area contributed by atoms with E-state index in [1.54, 1.807) is 0 Å². The van der Waals surface area contributed by atoms with Gasteiger partial charge in [-0.25, -0.2) is 0 Å². The number of likely N-dealkylation sites (tertiary alicyclic amines) is 1. The van der Waals surface area contributed by atoms with Crippen molar-refractivity contribution in [1.29, 1.82) is 0 Å². The lowest BCUT2D eigenvalue weighted by Gasteiger charge is -2.29. The standard InChI is InChI=1S/C8H15N3O2/c9-7(12)5-11-3-1-6(2-4-11)8(10)13/h6H,1-5H2,(H2,9,12)(H2,10,13). The second kappa shape index (κ2) is 4.23. The van der Waals surface area contributed by atoms with Gasteiger partial charge in [0.15, 0.2) is 0 Å². The van der Waals surface area contributed by atoms with Gasteiger partial charge in [0, 0.05) is 5.92 Å². The van der Waals surface area contributed by atoms with Crippen LogP contribution in [0.15, 0.2) is 0 Å². The van der Waals surface area contributed by atoms with Crippen LogP contribution in [0.25, 0.3) is 0 Å². The number of hydrogen-bond donors (Lipinski definition) is 2. The van der Waals surface area contributed by atoms with E-state index in [4.69, 9.17) is 11.5 Å². The van der Waals surface area contributed by atoms with E-state index in [1.165, 1.54) is 0 Å². The Kier molecular flexibility index (Phi) is 3.25. The smallest absolute Gasteiger partial charge is 0.231 e. The van der Waals surface area contributed by atoms with Crippen molar-refractivity contribution in [3.05, 3.63) is 0 Å². The van der Waals surface area contributed by atoms with E-state index in [9.17, 15) is 9.59 Å². The number of amides is 2. The predicted octanol–water partition coefficient (Wildman–Crippen LogP) is -1.33. The van der Waals surface area contributed by atoms with E-state index in [1.807, 2.05) is 4.90 Å². The van der Waals surface area contributed by atoms with Crippen molar-refractivity contribution in [1.82, 2.24) is 4.90 Å². The first-order chi connectivity index (χ1) is 6.09. The van der Waals surface area contributed by atoms with Gasteiger partial charge < -0.3 is 11.5 Å². The molecule has 5 heteroatoms. The second-order valence-corrected chi connectivity index (χ2v) is 3.42. The molecule has 0 atom stereocenters. The molecule has 74 valence electrons. The van der Waals surface area contributed by atoms with Crippen LogP contribution in [0, 0.1) is 5.92 Å². The molecule has 0 radical (unpaired) electrons. The summed E-state index contributed by atoms with van der Waals surface area (Å²) in [5.74, 6) is -0.583. The molecule has 0 spiro atoms. The van der Waals surface area contributed by atoms with Crippen molar-refractivity contribution in [2.45, 2.75) is 12.8 Å². The van der Waals surface area contributed by atoms with Crippen LogP contribution in [0.4, 0.5) is 0 Å². The third-order valence-electron chi connectivity index (χ3n) is 2.37. The van der Waals surface area contributed by atoms with Crippen LogP contribution in [-0.4, -0.2) is 36.3 Å². The minimum absolute atomic E-state index is 0.0240. The van der Waals surface area contributed by atoms with Crippen molar-refractivity contribution >= 4 is 11.8 Å². The zero-order chi connectivity index (χ0) is 9.84. The average Bonchev–Trinajstić information content (AvgIpc) is 2.04. The zero-order valence-corrected chi connectivity index (χ0v) is 7.53. The molecule has 5 nitrogen and oxygen atoms in total. The fraction of sp³-hybridized carbons (Fsp3) is 0.750. The number of carbonyl (C=O) groups is 2. The minimum Gasteiger partial charge on any atom is -0.369 e. The Balaban J connectivity index is 2.30. The van der Waals surface area contributed by atoms with E-state index in [-0.39, 0.29) is 24.3 Å². The number of primary amides is 2. The van der Waals surface area contributed by atoms with Crippen LogP contribution < -0.4 is 11.5 Å². The van der Waals surface area contributed by atoms with Gasteiger partial charge in [0.25, 0.3) is 0 Å². The first-order valence-corrected chi connectivity index (χ1v) is 4.39. The van der Waals surface area contributed by atoms with Gasteiger partial charge >= 0.3 is 0 Å². The van der Waals surface area contributed by atoms with Crippen molar-refractivity contribution in [2.24, 2.45) is 17.4 Å². The number of nitrogens with two attached hydrogens (primary N) is 2. The largest absolute Gasteiger partial charge is 0.369 e. The second-order valence-electron chi connectivity index (χ2n) is 3.42. The summed E-state index contributed by atoms with van der Waals surface area (Å²) >= 11 is 0. The molecule has 0 saturated carbocycles. The molecule has 1 aliphatic rings. The average molecular weight is 185 g/mol. The maximum absolute atomic E-state index is 10.8. The van der Waals surface area contributed by atoms with E-state index >= 15 is 0 Å². The zero-order valence-electron chi connectivity index (χ0n) is 7.53. The van der Waals surface area contributed by atoms with Crippen molar-refractivity contribution in [2.75, 3.05) is 19.6 Å². The molecule has 0 aromatic rings. The molecule has 0 unspecified atom stereocenters. The Morgan fingerprint density at radius 1 is 1.23 bits per heavy atom. The van der Waals surface area contributed by atoms with Crippen molar-refractivity contribution < 1.29 is 9.59 Å². The number of carbonyl (C=O) groups excluding carboxylic acids is 2. The van der Waals surface area contributed by atoms with Crippen LogP contribution in [0.3, 0.4) is 0 Å². The van der Waals surface area contributed by atoms with Gasteiger partial charge in [0.2, 0.25) is 11.8 Å². The highest BCUT2D eigenvalue weighted by atomic mass is 16.1. The van der Waals surface area contributed by atoms with Crippen LogP contribution >= 0.6 is 0 Å². The molecule has 1 aliphatic heterocycles. The highest BCUT2D eigenvalue weighted by Crippen LogP contribution is 2.15. The van der Waals surface area contributed by atoms with E-state index in [2.05, 4.69) is 0 Å². The molecule has 1 heterocycles. The Labute approximate surface area is 77.1 Å². The van der Waals surface area contributed by atoms with Crippen molar-refractivity contribution in [3.63, 3.8) is 0 Å². The lowest BCUT2D eigenvalue weighted by atomic mass is 9.96. The maximum atomic E-state index is 10.8. The monoisotopic (exact) mass is 185 g/mol. The van der Waals surface area contributed by atoms with Crippen LogP contribution in [-0.2, 0) is 9.59 Å². The number of rotatable bonds is 3. The molecule has 0 aliphatic carbocycles. The highest BCUT2D eigenvalue weighted by Gasteiger charge is 2.23. The first-order valence-electron chi connectivity index (χ1n) is 4.39. The molecule has 1 saturated heterocycles. The van der Waals surface area contributed by atoms with Gasteiger partial charge in [-0.3, -0.25) is 14.5 Å². The van der Waals surface area contributed by atoms with Gasteiger partial charge in [-0.2, -0.15) is 0 Å². The summed E-state index contributed by atoms with van der Waals surface area (Å²) in [5, 5.41) is 0. The molecular formula is C8H15N3O2. The van der Waals surface area contributed by atoms with Gasteiger partial charge in [-0.05, 0) is 25.9 Å². The minimum atomic E-state index is -0.322. The summed E-state index contributed by atoms with van der Waals surface area (Å²) in [4.78, 5) is 23.3. The molecule has 1 fully saturated rings. The fourth-order valence-electron chi connectivity index (χ4n) is 1.60. The number of piperidine rings is 1. The normalized spacial score (nSPS) is 20.0. The molecular weight excluding hydrogens is 170 g/mol. The van der Waals surface area contributed by atoms with Crippen molar-refractivity contribution in [3.8, 4) is 0 Å². The van der Waals surface area contributed by atoms with Crippen LogP contribution in [0.1, 0.15) is 12.8 Å². The summed E-state index contributed by atoms with van der Waals surface area (Å²) in [6.07, 6.45) is 1.48. The Morgan fingerprint density at radius 2 is 1.77 bits per heavy atom. The van der Waals surface area contributed by atoms with E-state index < -0.39 is 0 Å². The summed E-state index contributed by atoms with van der Waals surface area (Å²) in [6.45, 7) is 1.75. The van der Waals surface area contributed by atoms with Crippen LogP contribution in [0.2, 0.25) is 0 Å². The Bertz CT molecular complexity index is 209. The Hall–Kier alpha value is -1.10. The lowest BCUT2D eigenvalue weighted by molar-refractivity contribution is -0.123. The maximum Gasteiger partial charge on any atom is 0.231 e. The predicted molar refractivity (Wildman–Crippen MR) is 47.6 cm³/mol. The number of hydrogen-bond acceptors (Lipinski definition) is 3. The third kappa shape index (κ3) is 3.02. The summed E-state index contributed by atoms with van der Waals surface area (Å²) in [5.41, 5.74) is 10.2. The van der Waals surface area contributed by atoms with E-state index in [0.717, 1.165) is 25.9 Å². The summed E-state index contributed by atoms with van der Waals surface area (Å²) in [7, 11) is 0. The Morgan fingerprint density at radius 3 is 2.15 bits per heavy atom. The third-order valence-corrected chi connectivity index (χ3v) is 2.37. The first kappa shape index (κ1) is 9.98. The van der Waals surface area contributed by atoms with Gasteiger partial charge in [-0.1, -0.05) is 0 Å². The van der Waals surface area contributed by atoms with Gasteiger partial charge in [-0.15, -0.1) is 0 Å².